The molecule has 0 heterocycles. The van der Waals surface area contributed by atoms with Crippen LogP contribution in [0, 0.1) is 0 Å². The van der Waals surface area contributed by atoms with Gasteiger partial charge in [-0.25, -0.2) is 0 Å². The third-order valence-corrected chi connectivity index (χ3v) is 3.78. The second-order valence-corrected chi connectivity index (χ2v) is 4.85. The van der Waals surface area contributed by atoms with Crippen molar-refractivity contribution in [3.8, 4) is 0 Å². The molecule has 0 unspecified atom stereocenters. The topological polar surface area (TPSA) is 26.0 Å². The zero-order valence-corrected chi connectivity index (χ0v) is 11.3. The molecule has 0 spiro atoms. The van der Waals surface area contributed by atoms with E-state index in [0.717, 1.165) is 12.8 Å². The molecule has 0 radical (unpaired) electrons. The van der Waals surface area contributed by atoms with Gasteiger partial charge in [0.25, 0.3) is 0 Å². The van der Waals surface area contributed by atoms with Gasteiger partial charge in [-0.1, -0.05) is 66.7 Å². The Bertz CT molecular complexity index is 462. The summed E-state index contributed by atoms with van der Waals surface area (Å²) in [7, 11) is 0. The maximum Gasteiger partial charge on any atom is 0.0328 e. The van der Waals surface area contributed by atoms with Crippen molar-refractivity contribution < 1.29 is 0 Å². The smallest absolute Gasteiger partial charge is 0.0328 e. The van der Waals surface area contributed by atoms with Crippen LogP contribution < -0.4 is 5.73 Å². The molecular formula is C18H21N. The van der Waals surface area contributed by atoms with E-state index in [1.165, 1.54) is 11.1 Å². The summed E-state index contributed by atoms with van der Waals surface area (Å²) in [5, 5.41) is 0. The first-order valence-corrected chi connectivity index (χ1v) is 6.75. The molecule has 0 aromatic heterocycles. The first kappa shape index (κ1) is 13.6. The van der Waals surface area contributed by atoms with Crippen LogP contribution in [0.1, 0.15) is 24.0 Å². The van der Waals surface area contributed by atoms with E-state index >= 15 is 0 Å². The van der Waals surface area contributed by atoms with E-state index in [0.29, 0.717) is 6.54 Å². The zero-order chi connectivity index (χ0) is 13.6. The molecule has 0 saturated carbocycles. The second kappa shape index (κ2) is 6.35. The summed E-state index contributed by atoms with van der Waals surface area (Å²) in [4.78, 5) is 0. The molecule has 0 aliphatic rings. The Morgan fingerprint density at radius 2 is 1.37 bits per heavy atom. The summed E-state index contributed by atoms with van der Waals surface area (Å²) in [6.07, 6.45) is 3.91. The van der Waals surface area contributed by atoms with Crippen LogP contribution in [0.15, 0.2) is 73.3 Å². The van der Waals surface area contributed by atoms with Crippen LogP contribution in [0.3, 0.4) is 0 Å². The number of allylic oxidation sites excluding steroid dienone is 1. The van der Waals surface area contributed by atoms with Gasteiger partial charge in [0, 0.05) is 12.0 Å². The summed E-state index contributed by atoms with van der Waals surface area (Å²) < 4.78 is 0. The first-order chi connectivity index (χ1) is 9.33. The molecule has 0 fully saturated rings. The molecule has 98 valence electrons. The molecule has 2 aromatic carbocycles. The van der Waals surface area contributed by atoms with Crippen molar-refractivity contribution in [1.82, 2.24) is 0 Å². The fraction of sp³-hybridized carbons (Fsp3) is 0.222. The van der Waals surface area contributed by atoms with E-state index < -0.39 is 0 Å². The Labute approximate surface area is 115 Å². The molecule has 0 aliphatic carbocycles. The van der Waals surface area contributed by atoms with Gasteiger partial charge in [0.1, 0.15) is 0 Å². The van der Waals surface area contributed by atoms with Crippen molar-refractivity contribution in [2.75, 3.05) is 6.54 Å². The summed E-state index contributed by atoms with van der Waals surface area (Å²) in [5.74, 6) is 0. The van der Waals surface area contributed by atoms with Gasteiger partial charge in [-0.3, -0.25) is 0 Å². The largest absolute Gasteiger partial charge is 0.329 e. The number of nitrogens with two attached hydrogens (primary N) is 1. The van der Waals surface area contributed by atoms with Crippen LogP contribution in [0.2, 0.25) is 0 Å². The monoisotopic (exact) mass is 251 g/mol. The van der Waals surface area contributed by atoms with Crippen molar-refractivity contribution in [3.63, 3.8) is 0 Å². The first-order valence-electron chi connectivity index (χ1n) is 6.75. The van der Waals surface area contributed by atoms with E-state index in [1.54, 1.807) is 0 Å². The van der Waals surface area contributed by atoms with Gasteiger partial charge < -0.3 is 5.73 Å². The Kier molecular flexibility index (Phi) is 4.53. The number of rotatable bonds is 6. The van der Waals surface area contributed by atoms with Gasteiger partial charge >= 0.3 is 0 Å². The Balaban J connectivity index is 2.51. The number of hydrogen-bond donors (Lipinski definition) is 1. The van der Waals surface area contributed by atoms with Crippen molar-refractivity contribution in [3.05, 3.63) is 84.4 Å². The van der Waals surface area contributed by atoms with Gasteiger partial charge in [0.05, 0.1) is 0 Å². The van der Waals surface area contributed by atoms with Crippen LogP contribution >= 0.6 is 0 Å². The lowest BCUT2D eigenvalue weighted by Crippen LogP contribution is -2.36. The van der Waals surface area contributed by atoms with E-state index in [4.69, 9.17) is 5.73 Å². The van der Waals surface area contributed by atoms with E-state index in [1.807, 2.05) is 18.2 Å². The van der Waals surface area contributed by atoms with Gasteiger partial charge in [-0.05, 0) is 24.0 Å². The molecule has 0 atom stereocenters. The lowest BCUT2D eigenvalue weighted by molar-refractivity contribution is 0.487. The fourth-order valence-electron chi connectivity index (χ4n) is 2.66. The highest BCUT2D eigenvalue weighted by atomic mass is 14.6. The minimum atomic E-state index is -0.114. The van der Waals surface area contributed by atoms with Crippen molar-refractivity contribution in [2.45, 2.75) is 18.3 Å². The summed E-state index contributed by atoms with van der Waals surface area (Å²) in [6.45, 7) is 4.45. The van der Waals surface area contributed by atoms with Crippen LogP contribution in [-0.2, 0) is 5.41 Å². The van der Waals surface area contributed by atoms with Gasteiger partial charge in [-0.15, -0.1) is 6.58 Å². The molecule has 2 rings (SSSR count). The van der Waals surface area contributed by atoms with E-state index in [-0.39, 0.29) is 5.41 Å². The van der Waals surface area contributed by atoms with E-state index in [2.05, 4.69) is 55.1 Å². The highest BCUT2D eigenvalue weighted by Gasteiger charge is 2.31. The molecule has 2 aromatic rings. The molecule has 0 saturated heterocycles. The quantitative estimate of drug-likeness (QED) is 0.774. The summed E-state index contributed by atoms with van der Waals surface area (Å²) in [5.41, 5.74) is 8.63. The molecular weight excluding hydrogens is 230 g/mol. The molecule has 0 aliphatic heterocycles. The van der Waals surface area contributed by atoms with Gasteiger partial charge in [0.2, 0.25) is 0 Å². The standard InChI is InChI=1S/C18H21N/c1-2-3-14-18(15-19,16-10-6-4-7-11-16)17-12-8-5-9-13-17/h2,4-13H,1,3,14-15,19H2. The van der Waals surface area contributed by atoms with Crippen LogP contribution in [-0.4, -0.2) is 6.54 Å². The lowest BCUT2D eigenvalue weighted by Gasteiger charge is -2.34. The predicted molar refractivity (Wildman–Crippen MR) is 82.1 cm³/mol. The van der Waals surface area contributed by atoms with Crippen molar-refractivity contribution in [2.24, 2.45) is 5.73 Å². The SMILES string of the molecule is C=CCCC(CN)(c1ccccc1)c1ccccc1. The molecule has 1 nitrogen and oxygen atoms in total. The minimum Gasteiger partial charge on any atom is -0.329 e. The van der Waals surface area contributed by atoms with Crippen LogP contribution in [0.5, 0.6) is 0 Å². The predicted octanol–water partition coefficient (Wildman–Crippen LogP) is 3.90. The van der Waals surface area contributed by atoms with Crippen LogP contribution in [0.25, 0.3) is 0 Å². The Morgan fingerprint density at radius 1 is 0.895 bits per heavy atom. The Morgan fingerprint density at radius 3 is 1.74 bits per heavy atom. The third-order valence-electron chi connectivity index (χ3n) is 3.78. The lowest BCUT2D eigenvalue weighted by atomic mass is 9.71. The highest BCUT2D eigenvalue weighted by Crippen LogP contribution is 2.35. The minimum absolute atomic E-state index is 0.114. The average Bonchev–Trinajstić information content (AvgIpc) is 2.51. The molecule has 0 amide bonds. The van der Waals surface area contributed by atoms with Crippen LogP contribution in [0.4, 0.5) is 0 Å². The van der Waals surface area contributed by atoms with E-state index in [9.17, 15) is 0 Å². The second-order valence-electron chi connectivity index (χ2n) is 4.85. The molecule has 0 bridgehead atoms. The van der Waals surface area contributed by atoms with Gasteiger partial charge in [-0.2, -0.15) is 0 Å². The Hall–Kier alpha value is -1.86. The third kappa shape index (κ3) is 2.77. The summed E-state index contributed by atoms with van der Waals surface area (Å²) in [6, 6.07) is 21.1. The number of hydrogen-bond acceptors (Lipinski definition) is 1. The van der Waals surface area contributed by atoms with Gasteiger partial charge in [0.15, 0.2) is 0 Å². The number of benzene rings is 2. The zero-order valence-electron chi connectivity index (χ0n) is 11.3. The molecule has 1 heteroatoms. The normalized spacial score (nSPS) is 11.2. The maximum atomic E-state index is 6.18. The average molecular weight is 251 g/mol. The summed E-state index contributed by atoms with van der Waals surface area (Å²) >= 11 is 0. The van der Waals surface area contributed by atoms with Crippen molar-refractivity contribution in [1.29, 1.82) is 0 Å². The molecule has 19 heavy (non-hydrogen) atoms. The van der Waals surface area contributed by atoms with Crippen molar-refractivity contribution >= 4 is 0 Å². The highest BCUT2D eigenvalue weighted by molar-refractivity contribution is 5.39. The maximum absolute atomic E-state index is 6.18. The fourth-order valence-corrected chi connectivity index (χ4v) is 2.66. The molecule has 2 N–H and O–H groups in total.